The van der Waals surface area contributed by atoms with Crippen molar-refractivity contribution in [1.29, 1.82) is 5.26 Å². The van der Waals surface area contributed by atoms with Gasteiger partial charge in [0.15, 0.2) is 9.84 Å². The number of benzene rings is 1. The molecular formula is C22H31N3O4S. The van der Waals surface area contributed by atoms with Gasteiger partial charge in [-0.3, -0.25) is 9.69 Å². The van der Waals surface area contributed by atoms with Crippen LogP contribution in [0.15, 0.2) is 24.3 Å². The molecule has 1 atom stereocenters. The molecule has 0 bridgehead atoms. The average Bonchev–Trinajstić information content (AvgIpc) is 2.94. The molecule has 1 saturated carbocycles. The fourth-order valence-corrected chi connectivity index (χ4v) is 6.19. The lowest BCUT2D eigenvalue weighted by molar-refractivity contribution is -0.124. The number of carbonyl (C=O) groups is 1. The first kappa shape index (κ1) is 22.6. The molecule has 1 heterocycles. The van der Waals surface area contributed by atoms with E-state index in [1.54, 1.807) is 7.11 Å². The van der Waals surface area contributed by atoms with Crippen molar-refractivity contribution in [3.63, 3.8) is 0 Å². The van der Waals surface area contributed by atoms with Crippen LogP contribution in [0.2, 0.25) is 0 Å². The van der Waals surface area contributed by atoms with E-state index in [0.29, 0.717) is 25.8 Å². The first-order valence-electron chi connectivity index (χ1n) is 10.6. The minimum absolute atomic E-state index is 0.0693. The molecule has 1 aromatic carbocycles. The first-order chi connectivity index (χ1) is 14.3. The van der Waals surface area contributed by atoms with Crippen molar-refractivity contribution in [3.05, 3.63) is 29.8 Å². The molecule has 164 valence electrons. The van der Waals surface area contributed by atoms with Crippen LogP contribution >= 0.6 is 0 Å². The zero-order chi connectivity index (χ0) is 21.6. The third-order valence-electron chi connectivity index (χ3n) is 6.17. The third-order valence-corrected chi connectivity index (χ3v) is 7.92. The third kappa shape index (κ3) is 5.96. The predicted molar refractivity (Wildman–Crippen MR) is 115 cm³/mol. The number of nitrogens with one attached hydrogen (secondary N) is 1. The number of nitriles is 1. The molecule has 8 heteroatoms. The number of methoxy groups -OCH3 is 1. The number of hydrogen-bond donors (Lipinski definition) is 1. The molecule has 1 aliphatic carbocycles. The second-order valence-corrected chi connectivity index (χ2v) is 10.7. The molecule has 30 heavy (non-hydrogen) atoms. The molecule has 1 aromatic rings. The summed E-state index contributed by atoms with van der Waals surface area (Å²) >= 11 is 0. The SMILES string of the molecule is COc1ccc(CN(CC(=O)NC2(C#N)CCCCCC2)C2CCS(=O)(=O)C2)cc1. The van der Waals surface area contributed by atoms with Gasteiger partial charge in [0.05, 0.1) is 31.2 Å². The Hall–Kier alpha value is -2.11. The maximum atomic E-state index is 12.9. The summed E-state index contributed by atoms with van der Waals surface area (Å²) in [6.07, 6.45) is 5.91. The number of nitrogens with zero attached hydrogens (tertiary/aromatic N) is 2. The van der Waals surface area contributed by atoms with E-state index in [1.807, 2.05) is 29.2 Å². The van der Waals surface area contributed by atoms with Crippen molar-refractivity contribution in [3.8, 4) is 11.8 Å². The Morgan fingerprint density at radius 1 is 1.23 bits per heavy atom. The lowest BCUT2D eigenvalue weighted by Gasteiger charge is -2.31. The molecule has 2 aliphatic rings. The Morgan fingerprint density at radius 2 is 1.90 bits per heavy atom. The molecule has 1 unspecified atom stereocenters. The number of amides is 1. The maximum absolute atomic E-state index is 12.9. The lowest BCUT2D eigenvalue weighted by Crippen LogP contribution is -2.51. The van der Waals surface area contributed by atoms with Crippen LogP contribution in [0.4, 0.5) is 0 Å². The minimum atomic E-state index is -3.07. The second-order valence-electron chi connectivity index (χ2n) is 8.47. The van der Waals surface area contributed by atoms with Crippen molar-refractivity contribution < 1.29 is 17.9 Å². The summed E-state index contributed by atoms with van der Waals surface area (Å²) in [5, 5.41) is 12.7. The van der Waals surface area contributed by atoms with E-state index in [1.165, 1.54) is 0 Å². The number of ether oxygens (including phenoxy) is 1. The van der Waals surface area contributed by atoms with Gasteiger partial charge in [-0.15, -0.1) is 0 Å². The fourth-order valence-electron chi connectivity index (χ4n) is 4.43. The molecule has 0 aromatic heterocycles. The van der Waals surface area contributed by atoms with Crippen molar-refractivity contribution in [1.82, 2.24) is 10.2 Å². The van der Waals surface area contributed by atoms with Gasteiger partial charge in [-0.1, -0.05) is 37.8 Å². The summed E-state index contributed by atoms with van der Waals surface area (Å²) in [4.78, 5) is 14.9. The average molecular weight is 434 g/mol. The lowest BCUT2D eigenvalue weighted by atomic mass is 9.92. The highest BCUT2D eigenvalue weighted by molar-refractivity contribution is 7.91. The Kier molecular flexibility index (Phi) is 7.37. The van der Waals surface area contributed by atoms with E-state index in [2.05, 4.69) is 11.4 Å². The summed E-state index contributed by atoms with van der Waals surface area (Å²) in [6, 6.07) is 9.71. The first-order valence-corrected chi connectivity index (χ1v) is 12.5. The predicted octanol–water partition coefficient (Wildman–Crippen LogP) is 2.42. The highest BCUT2D eigenvalue weighted by Crippen LogP contribution is 2.27. The van der Waals surface area contributed by atoms with Gasteiger partial charge in [0.1, 0.15) is 11.3 Å². The van der Waals surface area contributed by atoms with E-state index in [-0.39, 0.29) is 30.0 Å². The van der Waals surface area contributed by atoms with Crippen LogP contribution in [0.1, 0.15) is 50.5 Å². The van der Waals surface area contributed by atoms with E-state index < -0.39 is 15.4 Å². The van der Waals surface area contributed by atoms with Gasteiger partial charge >= 0.3 is 0 Å². The second kappa shape index (κ2) is 9.80. The maximum Gasteiger partial charge on any atom is 0.235 e. The Morgan fingerprint density at radius 3 is 2.43 bits per heavy atom. The molecule has 0 spiro atoms. The van der Waals surface area contributed by atoms with Crippen LogP contribution in [0.25, 0.3) is 0 Å². The molecule has 1 amide bonds. The number of carbonyl (C=O) groups excluding carboxylic acids is 1. The Bertz CT molecular complexity index is 869. The zero-order valence-corrected chi connectivity index (χ0v) is 18.4. The van der Waals surface area contributed by atoms with Gasteiger partial charge in [-0.05, 0) is 37.0 Å². The summed E-state index contributed by atoms with van der Waals surface area (Å²) in [7, 11) is -1.47. The Labute approximate surface area is 179 Å². The minimum Gasteiger partial charge on any atom is -0.497 e. The molecule has 0 radical (unpaired) electrons. The van der Waals surface area contributed by atoms with Crippen LogP contribution in [-0.4, -0.2) is 56.0 Å². The van der Waals surface area contributed by atoms with Crippen molar-refractivity contribution in [2.45, 2.75) is 63.1 Å². The molecule has 1 aliphatic heterocycles. The highest BCUT2D eigenvalue weighted by Gasteiger charge is 2.36. The van der Waals surface area contributed by atoms with Crippen LogP contribution < -0.4 is 10.1 Å². The molecule has 7 nitrogen and oxygen atoms in total. The van der Waals surface area contributed by atoms with Crippen molar-refractivity contribution >= 4 is 15.7 Å². The topological polar surface area (TPSA) is 99.5 Å². The van der Waals surface area contributed by atoms with E-state index in [0.717, 1.165) is 37.0 Å². The van der Waals surface area contributed by atoms with Crippen LogP contribution in [-0.2, 0) is 21.2 Å². The molecule has 1 saturated heterocycles. The number of hydrogen-bond acceptors (Lipinski definition) is 6. The standard InChI is InChI=1S/C22H31N3O4S/c1-29-20-8-6-18(7-9-20)14-25(19-10-13-30(27,28)16-19)15-21(26)24-22(17-23)11-4-2-3-5-12-22/h6-9,19H,2-5,10-16H2,1H3,(H,24,26). The van der Waals surface area contributed by atoms with E-state index in [9.17, 15) is 18.5 Å². The van der Waals surface area contributed by atoms with Crippen LogP contribution in [0.5, 0.6) is 5.75 Å². The molecule has 2 fully saturated rings. The molecule has 3 rings (SSSR count). The normalized spacial score (nSPS) is 22.8. The number of rotatable bonds is 7. The highest BCUT2D eigenvalue weighted by atomic mass is 32.2. The van der Waals surface area contributed by atoms with Gasteiger partial charge < -0.3 is 10.1 Å². The quantitative estimate of drug-likeness (QED) is 0.663. The van der Waals surface area contributed by atoms with Gasteiger partial charge in [-0.25, -0.2) is 8.42 Å². The van der Waals surface area contributed by atoms with Gasteiger partial charge in [-0.2, -0.15) is 5.26 Å². The van der Waals surface area contributed by atoms with E-state index in [4.69, 9.17) is 4.74 Å². The summed E-state index contributed by atoms with van der Waals surface area (Å²) in [6.45, 7) is 0.548. The monoisotopic (exact) mass is 433 g/mol. The van der Waals surface area contributed by atoms with Gasteiger partial charge in [0.25, 0.3) is 0 Å². The summed E-state index contributed by atoms with van der Waals surface area (Å²) in [5.41, 5.74) is 0.179. The zero-order valence-electron chi connectivity index (χ0n) is 17.6. The summed E-state index contributed by atoms with van der Waals surface area (Å²) < 4.78 is 29.3. The van der Waals surface area contributed by atoms with Crippen LogP contribution in [0.3, 0.4) is 0 Å². The molecular weight excluding hydrogens is 402 g/mol. The van der Waals surface area contributed by atoms with Crippen LogP contribution in [0, 0.1) is 11.3 Å². The molecule has 1 N–H and O–H groups in total. The Balaban J connectivity index is 1.72. The largest absolute Gasteiger partial charge is 0.497 e. The smallest absolute Gasteiger partial charge is 0.235 e. The van der Waals surface area contributed by atoms with E-state index >= 15 is 0 Å². The fraction of sp³-hybridized carbons (Fsp3) is 0.636. The van der Waals surface area contributed by atoms with Gasteiger partial charge in [0, 0.05) is 12.6 Å². The summed E-state index contributed by atoms with van der Waals surface area (Å²) in [5.74, 6) is 0.757. The van der Waals surface area contributed by atoms with Gasteiger partial charge in [0.2, 0.25) is 5.91 Å². The van der Waals surface area contributed by atoms with Crippen molar-refractivity contribution in [2.24, 2.45) is 0 Å². The number of sulfone groups is 1. The van der Waals surface area contributed by atoms with Crippen molar-refractivity contribution in [2.75, 3.05) is 25.2 Å².